The van der Waals surface area contributed by atoms with Crippen LogP contribution in [0.15, 0.2) is 55.1 Å². The molecule has 6 rings (SSSR count). The molecule has 0 bridgehead atoms. The van der Waals surface area contributed by atoms with Gasteiger partial charge in [0.25, 0.3) is 0 Å². The van der Waals surface area contributed by atoms with Gasteiger partial charge in [-0.3, -0.25) is 4.90 Å². The van der Waals surface area contributed by atoms with Crippen LogP contribution in [0.5, 0.6) is 5.88 Å². The van der Waals surface area contributed by atoms with Crippen molar-refractivity contribution < 1.29 is 4.74 Å². The smallest absolute Gasteiger partial charge is 0.212 e. The standard InChI is InChI=1S/C30H34N8O/c1-3-25-20-37(13-12-36(25)19-22-6-9-29(39-2)33-16-22)28-8-7-23(17-32-28)27-14-26(35-10-4-5-11-35)21-38-30(27)24(15-31)18-34-38/h6-9,14,16-18,21,25H,3-5,10-13,19-20H2,1-2H3. The zero-order valence-electron chi connectivity index (χ0n) is 22.6. The summed E-state index contributed by atoms with van der Waals surface area (Å²) in [4.78, 5) is 16.6. The maximum Gasteiger partial charge on any atom is 0.212 e. The molecule has 0 spiro atoms. The predicted octanol–water partition coefficient (Wildman–Crippen LogP) is 4.37. The summed E-state index contributed by atoms with van der Waals surface area (Å²) in [5, 5.41) is 14.2. The lowest BCUT2D eigenvalue weighted by atomic mass is 10.0. The van der Waals surface area contributed by atoms with E-state index in [9.17, 15) is 5.26 Å². The molecule has 4 aromatic heterocycles. The van der Waals surface area contributed by atoms with Crippen LogP contribution in [-0.2, 0) is 6.54 Å². The lowest BCUT2D eigenvalue weighted by Crippen LogP contribution is -2.52. The van der Waals surface area contributed by atoms with Crippen LogP contribution in [0.3, 0.4) is 0 Å². The average Bonchev–Trinajstić information content (AvgIpc) is 3.68. The second kappa shape index (κ2) is 10.9. The quantitative estimate of drug-likeness (QED) is 0.354. The summed E-state index contributed by atoms with van der Waals surface area (Å²) in [6.07, 6.45) is 11.0. The molecule has 1 atom stereocenters. The van der Waals surface area contributed by atoms with Gasteiger partial charge in [0.1, 0.15) is 11.9 Å². The van der Waals surface area contributed by atoms with Crippen molar-refractivity contribution in [2.24, 2.45) is 0 Å². The number of nitriles is 1. The molecule has 200 valence electrons. The van der Waals surface area contributed by atoms with Gasteiger partial charge in [0.05, 0.1) is 36.3 Å². The minimum absolute atomic E-state index is 0.434. The first-order chi connectivity index (χ1) is 19.2. The number of hydrogen-bond acceptors (Lipinski definition) is 8. The van der Waals surface area contributed by atoms with Gasteiger partial charge in [-0.2, -0.15) is 10.4 Å². The zero-order chi connectivity index (χ0) is 26.8. The topological polar surface area (TPSA) is 85.8 Å². The van der Waals surface area contributed by atoms with Gasteiger partial charge in [0, 0.05) is 74.9 Å². The Bertz CT molecular complexity index is 1470. The van der Waals surface area contributed by atoms with Gasteiger partial charge in [0.2, 0.25) is 5.88 Å². The summed E-state index contributed by atoms with van der Waals surface area (Å²) in [6.45, 7) is 8.05. The molecular weight excluding hydrogens is 488 g/mol. The van der Waals surface area contributed by atoms with Gasteiger partial charge in [-0.25, -0.2) is 14.5 Å². The molecule has 9 heteroatoms. The van der Waals surface area contributed by atoms with Gasteiger partial charge in [-0.15, -0.1) is 0 Å². The fourth-order valence-corrected chi connectivity index (χ4v) is 5.85. The molecule has 4 aromatic rings. The van der Waals surface area contributed by atoms with Crippen molar-refractivity contribution in [2.75, 3.05) is 49.6 Å². The number of nitrogens with zero attached hydrogens (tertiary/aromatic N) is 8. The number of anilines is 2. The van der Waals surface area contributed by atoms with Crippen molar-refractivity contribution in [3.8, 4) is 23.1 Å². The average molecular weight is 523 g/mol. The molecule has 2 aliphatic rings. The highest BCUT2D eigenvalue weighted by atomic mass is 16.5. The van der Waals surface area contributed by atoms with Crippen LogP contribution in [0.2, 0.25) is 0 Å². The van der Waals surface area contributed by atoms with E-state index in [1.54, 1.807) is 13.3 Å². The molecule has 0 saturated carbocycles. The second-order valence-electron chi connectivity index (χ2n) is 10.4. The molecule has 0 aliphatic carbocycles. The first-order valence-corrected chi connectivity index (χ1v) is 13.8. The molecule has 0 aromatic carbocycles. The highest BCUT2D eigenvalue weighted by molar-refractivity contribution is 5.86. The Labute approximate surface area is 229 Å². The van der Waals surface area contributed by atoms with Gasteiger partial charge in [0.15, 0.2) is 0 Å². The maximum absolute atomic E-state index is 9.73. The van der Waals surface area contributed by atoms with Crippen molar-refractivity contribution >= 4 is 17.0 Å². The van der Waals surface area contributed by atoms with E-state index in [4.69, 9.17) is 9.72 Å². The van der Waals surface area contributed by atoms with Crippen molar-refractivity contribution in [2.45, 2.75) is 38.8 Å². The Morgan fingerprint density at radius 2 is 1.87 bits per heavy atom. The van der Waals surface area contributed by atoms with Gasteiger partial charge in [-0.05, 0) is 43.0 Å². The van der Waals surface area contributed by atoms with Crippen LogP contribution in [0.4, 0.5) is 11.5 Å². The van der Waals surface area contributed by atoms with E-state index in [-0.39, 0.29) is 0 Å². The molecule has 6 heterocycles. The van der Waals surface area contributed by atoms with Crippen LogP contribution in [-0.4, -0.2) is 70.4 Å². The molecule has 2 fully saturated rings. The predicted molar refractivity (Wildman–Crippen MR) is 152 cm³/mol. The molecule has 2 aliphatic heterocycles. The molecule has 1 unspecified atom stereocenters. The normalized spacial score (nSPS) is 18.0. The highest BCUT2D eigenvalue weighted by Gasteiger charge is 2.27. The van der Waals surface area contributed by atoms with Crippen LogP contribution in [0, 0.1) is 11.3 Å². The van der Waals surface area contributed by atoms with Crippen molar-refractivity contribution in [3.63, 3.8) is 0 Å². The number of rotatable bonds is 7. The van der Waals surface area contributed by atoms with E-state index >= 15 is 0 Å². The maximum atomic E-state index is 9.73. The van der Waals surface area contributed by atoms with Crippen molar-refractivity contribution in [1.29, 1.82) is 5.26 Å². The van der Waals surface area contributed by atoms with E-state index in [0.717, 1.165) is 73.8 Å². The van der Waals surface area contributed by atoms with E-state index in [1.807, 2.05) is 29.2 Å². The number of pyridine rings is 3. The first kappa shape index (κ1) is 25.1. The van der Waals surface area contributed by atoms with E-state index in [0.29, 0.717) is 17.5 Å². The van der Waals surface area contributed by atoms with Crippen LogP contribution in [0.25, 0.3) is 16.6 Å². The Morgan fingerprint density at radius 3 is 2.56 bits per heavy atom. The lowest BCUT2D eigenvalue weighted by Gasteiger charge is -2.41. The summed E-state index contributed by atoms with van der Waals surface area (Å²) in [7, 11) is 1.64. The number of ether oxygens (including phenoxy) is 1. The van der Waals surface area contributed by atoms with Crippen molar-refractivity contribution in [1.82, 2.24) is 24.5 Å². The molecule has 0 N–H and O–H groups in total. The Hall–Kier alpha value is -4.16. The number of piperazine rings is 1. The molecule has 9 nitrogen and oxygen atoms in total. The third-order valence-corrected chi connectivity index (χ3v) is 8.04. The van der Waals surface area contributed by atoms with Crippen LogP contribution in [0.1, 0.15) is 37.3 Å². The van der Waals surface area contributed by atoms with E-state index in [1.165, 1.54) is 18.4 Å². The lowest BCUT2D eigenvalue weighted by molar-refractivity contribution is 0.163. The summed E-state index contributed by atoms with van der Waals surface area (Å²) in [5.74, 6) is 1.63. The van der Waals surface area contributed by atoms with Gasteiger partial charge >= 0.3 is 0 Å². The Kier molecular flexibility index (Phi) is 7.03. The number of aromatic nitrogens is 4. The van der Waals surface area contributed by atoms with E-state index < -0.39 is 0 Å². The summed E-state index contributed by atoms with van der Waals surface area (Å²) in [6, 6.07) is 13.2. The minimum atomic E-state index is 0.434. The zero-order valence-corrected chi connectivity index (χ0v) is 22.6. The third-order valence-electron chi connectivity index (χ3n) is 8.04. The molecule has 0 amide bonds. The largest absolute Gasteiger partial charge is 0.481 e. The van der Waals surface area contributed by atoms with Crippen molar-refractivity contribution in [3.05, 3.63) is 66.2 Å². The Balaban J connectivity index is 1.22. The molecule has 0 radical (unpaired) electrons. The SMILES string of the molecule is CCC1CN(c2ccc(-c3cc(N4CCCC4)cn4ncc(C#N)c34)cn2)CCN1Cc1ccc(OC)nc1. The summed E-state index contributed by atoms with van der Waals surface area (Å²) in [5.41, 5.74) is 5.75. The highest BCUT2D eigenvalue weighted by Crippen LogP contribution is 2.33. The van der Waals surface area contributed by atoms with Crippen LogP contribution >= 0.6 is 0 Å². The number of hydrogen-bond donors (Lipinski definition) is 0. The van der Waals surface area contributed by atoms with Crippen LogP contribution < -0.4 is 14.5 Å². The summed E-state index contributed by atoms with van der Waals surface area (Å²) < 4.78 is 7.05. The monoisotopic (exact) mass is 522 g/mol. The fourth-order valence-electron chi connectivity index (χ4n) is 5.85. The van der Waals surface area contributed by atoms with Gasteiger partial charge in [-0.1, -0.05) is 13.0 Å². The second-order valence-corrected chi connectivity index (χ2v) is 10.4. The van der Waals surface area contributed by atoms with Gasteiger partial charge < -0.3 is 14.5 Å². The third kappa shape index (κ3) is 5.00. The molecule has 2 saturated heterocycles. The summed E-state index contributed by atoms with van der Waals surface area (Å²) >= 11 is 0. The molecular formula is C30H34N8O. The number of methoxy groups -OCH3 is 1. The first-order valence-electron chi connectivity index (χ1n) is 13.8. The fraction of sp³-hybridized carbons (Fsp3) is 0.400. The Morgan fingerprint density at radius 1 is 1.00 bits per heavy atom. The minimum Gasteiger partial charge on any atom is -0.481 e. The molecule has 39 heavy (non-hydrogen) atoms. The van der Waals surface area contributed by atoms with E-state index in [2.05, 4.69) is 62.0 Å². The number of fused-ring (bicyclic) bond motifs is 1.